The zero-order chi connectivity index (χ0) is 21.3. The SMILES string of the molecule is CCc1ccc(C(=O)N2CCN(C(=O)C(=O)c3c(C)[nH]c4ccccc34)CC2)cc1. The second kappa shape index (κ2) is 8.14. The molecule has 154 valence electrons. The van der Waals surface area contributed by atoms with Crippen LogP contribution in [0.3, 0.4) is 0 Å². The molecule has 30 heavy (non-hydrogen) atoms. The Hall–Kier alpha value is -3.41. The van der Waals surface area contributed by atoms with E-state index in [0.29, 0.717) is 43.0 Å². The molecule has 0 aliphatic carbocycles. The van der Waals surface area contributed by atoms with E-state index in [1.54, 1.807) is 16.7 Å². The van der Waals surface area contributed by atoms with E-state index in [1.165, 1.54) is 5.56 Å². The van der Waals surface area contributed by atoms with Gasteiger partial charge in [-0.1, -0.05) is 37.3 Å². The van der Waals surface area contributed by atoms with Crippen molar-refractivity contribution in [2.45, 2.75) is 20.3 Å². The zero-order valence-corrected chi connectivity index (χ0v) is 17.3. The number of aromatic nitrogens is 1. The minimum atomic E-state index is -0.512. The van der Waals surface area contributed by atoms with Crippen molar-refractivity contribution < 1.29 is 14.4 Å². The van der Waals surface area contributed by atoms with Gasteiger partial charge in [0, 0.05) is 48.3 Å². The average Bonchev–Trinajstić information content (AvgIpc) is 3.13. The monoisotopic (exact) mass is 403 g/mol. The minimum absolute atomic E-state index is 0.0384. The van der Waals surface area contributed by atoms with Gasteiger partial charge in [-0.3, -0.25) is 14.4 Å². The van der Waals surface area contributed by atoms with Crippen LogP contribution in [0.4, 0.5) is 0 Å². The Bertz CT molecular complexity index is 1110. The number of fused-ring (bicyclic) bond motifs is 1. The summed E-state index contributed by atoms with van der Waals surface area (Å²) in [6, 6.07) is 15.1. The number of aromatic amines is 1. The molecule has 3 aromatic rings. The second-order valence-corrected chi connectivity index (χ2v) is 7.63. The summed E-state index contributed by atoms with van der Waals surface area (Å²) in [5.74, 6) is -1.05. The molecular weight excluding hydrogens is 378 g/mol. The highest BCUT2D eigenvalue weighted by Crippen LogP contribution is 2.23. The first-order valence-corrected chi connectivity index (χ1v) is 10.3. The number of carbonyl (C=O) groups is 3. The van der Waals surface area contributed by atoms with Crippen molar-refractivity contribution in [3.05, 3.63) is 70.9 Å². The molecular formula is C24H25N3O3. The Kier molecular flexibility index (Phi) is 5.40. The van der Waals surface area contributed by atoms with E-state index in [-0.39, 0.29) is 5.91 Å². The summed E-state index contributed by atoms with van der Waals surface area (Å²) in [6.45, 7) is 5.42. The summed E-state index contributed by atoms with van der Waals surface area (Å²) < 4.78 is 0. The molecule has 0 atom stereocenters. The van der Waals surface area contributed by atoms with Crippen LogP contribution in [-0.4, -0.2) is 58.6 Å². The van der Waals surface area contributed by atoms with E-state index in [0.717, 1.165) is 17.3 Å². The number of hydrogen-bond donors (Lipinski definition) is 1. The number of carbonyl (C=O) groups excluding carboxylic acids is 3. The zero-order valence-electron chi connectivity index (χ0n) is 17.3. The fourth-order valence-electron chi connectivity index (χ4n) is 4.00. The van der Waals surface area contributed by atoms with Gasteiger partial charge in [0.25, 0.3) is 17.6 Å². The van der Waals surface area contributed by atoms with Crippen LogP contribution in [0.25, 0.3) is 10.9 Å². The molecule has 0 radical (unpaired) electrons. The van der Waals surface area contributed by atoms with Gasteiger partial charge in [0.05, 0.1) is 5.56 Å². The van der Waals surface area contributed by atoms with Crippen LogP contribution in [0, 0.1) is 6.92 Å². The average molecular weight is 403 g/mol. The Balaban J connectivity index is 1.43. The number of rotatable bonds is 4. The number of nitrogens with zero attached hydrogens (tertiary/aromatic N) is 2. The summed E-state index contributed by atoms with van der Waals surface area (Å²) in [5, 5.41) is 0.762. The van der Waals surface area contributed by atoms with Crippen molar-refractivity contribution in [1.82, 2.24) is 14.8 Å². The van der Waals surface area contributed by atoms with Gasteiger partial charge >= 0.3 is 0 Å². The Morgan fingerprint density at radius 2 is 1.53 bits per heavy atom. The molecule has 1 saturated heterocycles. The van der Waals surface area contributed by atoms with Crippen LogP contribution >= 0.6 is 0 Å². The first kappa shape index (κ1) is 19.9. The van der Waals surface area contributed by atoms with E-state index in [2.05, 4.69) is 11.9 Å². The van der Waals surface area contributed by atoms with Crippen molar-refractivity contribution in [1.29, 1.82) is 0 Å². The van der Waals surface area contributed by atoms with Gasteiger partial charge in [0.15, 0.2) is 0 Å². The third kappa shape index (κ3) is 3.61. The fourth-order valence-corrected chi connectivity index (χ4v) is 4.00. The molecule has 6 heteroatoms. The van der Waals surface area contributed by atoms with Gasteiger partial charge in [0.1, 0.15) is 0 Å². The molecule has 1 aromatic heterocycles. The molecule has 0 saturated carbocycles. The van der Waals surface area contributed by atoms with E-state index in [4.69, 9.17) is 0 Å². The third-order valence-corrected chi connectivity index (χ3v) is 5.78. The number of nitrogens with one attached hydrogen (secondary N) is 1. The van der Waals surface area contributed by atoms with E-state index < -0.39 is 11.7 Å². The van der Waals surface area contributed by atoms with Crippen LogP contribution in [0.5, 0.6) is 0 Å². The molecule has 1 N–H and O–H groups in total. The van der Waals surface area contributed by atoms with Crippen LogP contribution in [0.15, 0.2) is 48.5 Å². The second-order valence-electron chi connectivity index (χ2n) is 7.63. The lowest BCUT2D eigenvalue weighted by atomic mass is 10.1. The quantitative estimate of drug-likeness (QED) is 0.537. The maximum absolute atomic E-state index is 12.9. The predicted molar refractivity (Wildman–Crippen MR) is 116 cm³/mol. The largest absolute Gasteiger partial charge is 0.358 e. The Morgan fingerprint density at radius 3 is 2.20 bits per heavy atom. The molecule has 0 spiro atoms. The lowest BCUT2D eigenvalue weighted by Crippen LogP contribution is -2.52. The Morgan fingerprint density at radius 1 is 0.900 bits per heavy atom. The normalized spacial score (nSPS) is 14.2. The summed E-state index contributed by atoms with van der Waals surface area (Å²) in [4.78, 5) is 45.0. The summed E-state index contributed by atoms with van der Waals surface area (Å²) in [5.41, 5.74) is 3.81. The number of piperazine rings is 1. The van der Waals surface area contributed by atoms with Crippen molar-refractivity contribution in [3.8, 4) is 0 Å². The molecule has 1 fully saturated rings. The first-order chi connectivity index (χ1) is 14.5. The van der Waals surface area contributed by atoms with E-state index in [9.17, 15) is 14.4 Å². The number of H-pyrrole nitrogens is 1. The van der Waals surface area contributed by atoms with Gasteiger partial charge < -0.3 is 14.8 Å². The molecule has 2 aromatic carbocycles. The van der Waals surface area contributed by atoms with Crippen LogP contribution in [-0.2, 0) is 11.2 Å². The lowest BCUT2D eigenvalue weighted by Gasteiger charge is -2.34. The molecule has 4 rings (SSSR count). The maximum atomic E-state index is 12.9. The van der Waals surface area contributed by atoms with E-state index in [1.807, 2.05) is 48.5 Å². The number of amides is 2. The predicted octanol–water partition coefficient (Wildman–Crippen LogP) is 3.21. The van der Waals surface area contributed by atoms with Gasteiger partial charge in [-0.05, 0) is 37.1 Å². The highest BCUT2D eigenvalue weighted by atomic mass is 16.2. The van der Waals surface area contributed by atoms with Crippen LogP contribution in [0.1, 0.15) is 38.9 Å². The smallest absolute Gasteiger partial charge is 0.295 e. The van der Waals surface area contributed by atoms with Crippen molar-refractivity contribution >= 4 is 28.5 Å². The van der Waals surface area contributed by atoms with Crippen LogP contribution in [0.2, 0.25) is 0 Å². The lowest BCUT2D eigenvalue weighted by molar-refractivity contribution is -0.127. The summed E-state index contributed by atoms with van der Waals surface area (Å²) >= 11 is 0. The molecule has 0 bridgehead atoms. The highest BCUT2D eigenvalue weighted by Gasteiger charge is 2.30. The number of hydrogen-bond acceptors (Lipinski definition) is 3. The molecule has 2 amide bonds. The number of aryl methyl sites for hydroxylation is 2. The number of Topliss-reactive ketones (excluding diaryl/α,β-unsaturated/α-hetero) is 1. The summed E-state index contributed by atoms with van der Waals surface area (Å²) in [6.07, 6.45) is 0.930. The maximum Gasteiger partial charge on any atom is 0.295 e. The van der Waals surface area contributed by atoms with Gasteiger partial charge in [0.2, 0.25) is 0 Å². The minimum Gasteiger partial charge on any atom is -0.358 e. The third-order valence-electron chi connectivity index (χ3n) is 5.78. The fraction of sp³-hybridized carbons (Fsp3) is 0.292. The topological polar surface area (TPSA) is 73.5 Å². The molecule has 0 unspecified atom stereocenters. The number of ketones is 1. The Labute approximate surface area is 175 Å². The first-order valence-electron chi connectivity index (χ1n) is 10.3. The summed E-state index contributed by atoms with van der Waals surface area (Å²) in [7, 11) is 0. The van der Waals surface area contributed by atoms with Crippen LogP contribution < -0.4 is 0 Å². The van der Waals surface area contributed by atoms with Crippen molar-refractivity contribution in [2.24, 2.45) is 0 Å². The molecule has 6 nitrogen and oxygen atoms in total. The van der Waals surface area contributed by atoms with Crippen molar-refractivity contribution in [3.63, 3.8) is 0 Å². The van der Waals surface area contributed by atoms with E-state index >= 15 is 0 Å². The van der Waals surface area contributed by atoms with Gasteiger partial charge in [-0.15, -0.1) is 0 Å². The highest BCUT2D eigenvalue weighted by molar-refractivity contribution is 6.45. The van der Waals surface area contributed by atoms with Gasteiger partial charge in [-0.2, -0.15) is 0 Å². The number of para-hydroxylation sites is 1. The molecule has 1 aliphatic heterocycles. The molecule has 2 heterocycles. The number of benzene rings is 2. The van der Waals surface area contributed by atoms with Crippen molar-refractivity contribution in [2.75, 3.05) is 26.2 Å². The molecule has 1 aliphatic rings. The standard InChI is InChI=1S/C24H25N3O3/c1-3-17-8-10-18(11-9-17)23(29)26-12-14-27(15-13-26)24(30)22(28)21-16(2)25-20-7-5-4-6-19(20)21/h4-11,25H,3,12-15H2,1-2H3. The van der Waals surface area contributed by atoms with Gasteiger partial charge in [-0.25, -0.2) is 0 Å².